The summed E-state index contributed by atoms with van der Waals surface area (Å²) in [7, 11) is -4.16. The van der Waals surface area contributed by atoms with E-state index in [-0.39, 0.29) is 160 Å². The molecule has 19 N–H and O–H groups in total. The number of phosphoric acid groups is 1. The van der Waals surface area contributed by atoms with E-state index in [9.17, 15) is 98.6 Å². The lowest BCUT2D eigenvalue weighted by Gasteiger charge is -2.42. The third-order valence-electron chi connectivity index (χ3n) is 20.1. The molecule has 118 heavy (non-hydrogen) atoms. The highest BCUT2D eigenvalue weighted by Gasteiger charge is 2.49. The Morgan fingerprint density at radius 2 is 0.695 bits per heavy atom. The summed E-state index contributed by atoms with van der Waals surface area (Å²) in [6.07, 6.45) is -2.65. The van der Waals surface area contributed by atoms with Crippen molar-refractivity contribution in [3.8, 4) is 0 Å². The number of carbonyl (C=O) groups excluding carboxylic acids is 9. The Hall–Kier alpha value is -5.42. The van der Waals surface area contributed by atoms with E-state index in [4.69, 9.17) is 56.8 Å². The van der Waals surface area contributed by atoms with Crippen LogP contribution in [0.2, 0.25) is 0 Å². The molecule has 4 aliphatic heterocycles. The van der Waals surface area contributed by atoms with Gasteiger partial charge in [-0.15, -0.1) is 0 Å². The van der Waals surface area contributed by atoms with Crippen molar-refractivity contribution in [3.05, 3.63) is 0 Å². The second kappa shape index (κ2) is 60.2. The molecule has 684 valence electrons. The molecule has 4 saturated heterocycles. The molecule has 16 unspecified atom stereocenters. The number of ether oxygens (including phenoxy) is 9. The summed E-state index contributed by atoms with van der Waals surface area (Å²) in [5.74, 6) is -4.18. The first-order valence-corrected chi connectivity index (χ1v) is 43.2. The quantitative estimate of drug-likeness (QED) is 0.0213. The van der Waals surface area contributed by atoms with E-state index in [1.807, 2.05) is 0 Å². The van der Waals surface area contributed by atoms with Crippen molar-refractivity contribution in [1.29, 1.82) is 0 Å². The number of phosphoric ester groups is 1. The van der Waals surface area contributed by atoms with E-state index in [1.165, 1.54) is 25.7 Å². The molecule has 0 aliphatic carbocycles. The van der Waals surface area contributed by atoms with Crippen molar-refractivity contribution in [2.75, 3.05) is 138 Å². The summed E-state index contributed by atoms with van der Waals surface area (Å²) >= 11 is 0. The number of rotatable bonds is 66. The lowest BCUT2D eigenvalue weighted by atomic mass is 9.95. The van der Waals surface area contributed by atoms with Gasteiger partial charge in [0.1, 0.15) is 78.6 Å². The molecule has 16 atom stereocenters. The number of unbranched alkanes of at least 4 members (excludes halogenated alkanes) is 15. The minimum atomic E-state index is -4.16. The third kappa shape index (κ3) is 42.1. The van der Waals surface area contributed by atoms with Crippen LogP contribution in [0.5, 0.6) is 0 Å². The standard InChI is InChI=1S/C76H138N9O32P/c1-51(90)81-63-69(101)66(98)55(45-87)115-73(63)110-35-19-9-4-14-31-78-59(94)27-40-107-48-76(49-108-41-28-60(95)79-32-15-5-10-20-36-111-74-64(82-52(2)91)70(102)67(99)56(46-88)116-74,50-109-42-29-61(96)80-33-16-6-11-21-37-112-75-65(83-53(3)92)71(103)68(100)57(47-89)117-75)84-72(104)54-43-85(44-54)62(97)26-24-25-58(93)77-30-17-7-12-22-38-113-118(105,106)114-39-23-13-8-18-34-86/h54-57,63-71,73-75,86-89,98-103H,4-50H2,1-3H3,(H,77,93)(H,78,94)(H,79,95)(H,80,96)(H,81,90)(H,82,91)(H,83,92)(H,84,104)(H,105,106). The van der Waals surface area contributed by atoms with E-state index in [0.717, 1.165) is 19.3 Å². The lowest BCUT2D eigenvalue weighted by molar-refractivity contribution is -0.270. The average Bonchev–Trinajstić information content (AvgIpc) is 0.825. The maximum atomic E-state index is 14.4. The summed E-state index contributed by atoms with van der Waals surface area (Å²) in [5.41, 5.74) is -1.51. The molecular formula is C76H138N9O32P. The molecule has 9 amide bonds. The van der Waals surface area contributed by atoms with Crippen molar-refractivity contribution in [3.63, 3.8) is 0 Å². The van der Waals surface area contributed by atoms with Crippen LogP contribution in [0.25, 0.3) is 0 Å². The van der Waals surface area contributed by atoms with Crippen LogP contribution in [0.3, 0.4) is 0 Å². The number of amides is 9. The van der Waals surface area contributed by atoms with Gasteiger partial charge in [0.2, 0.25) is 53.2 Å². The first kappa shape index (κ1) is 105. The van der Waals surface area contributed by atoms with E-state index in [2.05, 4.69) is 42.5 Å². The minimum Gasteiger partial charge on any atom is -0.396 e. The fraction of sp³-hybridized carbons (Fsp3) is 0.882. The van der Waals surface area contributed by atoms with E-state index < -0.39 is 155 Å². The summed E-state index contributed by atoms with van der Waals surface area (Å²) in [6, 6.07) is -3.22. The van der Waals surface area contributed by atoms with Gasteiger partial charge in [0.15, 0.2) is 18.9 Å². The van der Waals surface area contributed by atoms with Gasteiger partial charge in [0.25, 0.3) is 0 Å². The highest BCUT2D eigenvalue weighted by atomic mass is 31.2. The Labute approximate surface area is 690 Å². The molecule has 4 rings (SSSR count). The largest absolute Gasteiger partial charge is 0.472 e. The Balaban J connectivity index is 1.33. The van der Waals surface area contributed by atoms with Crippen LogP contribution < -0.4 is 42.5 Å². The zero-order valence-electron chi connectivity index (χ0n) is 68.9. The first-order valence-electron chi connectivity index (χ1n) is 41.7. The minimum absolute atomic E-state index is 0.0327. The molecule has 0 aromatic heterocycles. The van der Waals surface area contributed by atoms with Crippen LogP contribution in [-0.4, -0.2) is 350 Å². The second-order valence-electron chi connectivity index (χ2n) is 30.3. The number of nitrogens with zero attached hydrogens (tertiary/aromatic N) is 1. The number of aliphatic hydroxyl groups is 10. The maximum absolute atomic E-state index is 14.4. The fourth-order valence-corrected chi connectivity index (χ4v) is 14.1. The van der Waals surface area contributed by atoms with Crippen molar-refractivity contribution in [2.45, 2.75) is 285 Å². The normalized spacial score (nSPS) is 25.0. The molecule has 0 radical (unpaired) electrons. The zero-order valence-corrected chi connectivity index (χ0v) is 69.8. The number of aliphatic hydroxyl groups excluding tert-OH is 10. The van der Waals surface area contributed by atoms with Gasteiger partial charge in [0.05, 0.1) is 78.6 Å². The summed E-state index contributed by atoms with van der Waals surface area (Å²) in [6.45, 7) is 2.80. The molecule has 0 saturated carbocycles. The lowest BCUT2D eigenvalue weighted by Crippen LogP contribution is -2.64. The number of nitrogens with one attached hydrogen (secondary N) is 8. The van der Waals surface area contributed by atoms with E-state index in [0.29, 0.717) is 135 Å². The van der Waals surface area contributed by atoms with Crippen molar-refractivity contribution in [2.24, 2.45) is 5.92 Å². The maximum Gasteiger partial charge on any atom is 0.472 e. The average molecular weight is 1720 g/mol. The monoisotopic (exact) mass is 1720 g/mol. The predicted molar refractivity (Wildman–Crippen MR) is 418 cm³/mol. The smallest absolute Gasteiger partial charge is 0.396 e. The van der Waals surface area contributed by atoms with Gasteiger partial charge < -0.3 is 146 Å². The molecule has 4 aliphatic rings. The molecule has 0 aromatic carbocycles. The molecular weight excluding hydrogens is 1580 g/mol. The van der Waals surface area contributed by atoms with Gasteiger partial charge in [-0.1, -0.05) is 64.2 Å². The Morgan fingerprint density at radius 3 is 1.01 bits per heavy atom. The molecule has 0 aromatic rings. The predicted octanol–water partition coefficient (Wildman–Crippen LogP) is -3.04. The molecule has 42 heteroatoms. The number of hydrogen-bond acceptors (Lipinski definition) is 31. The van der Waals surface area contributed by atoms with Crippen LogP contribution in [0.4, 0.5) is 0 Å². The Kier molecular flexibility index (Phi) is 53.5. The zero-order chi connectivity index (χ0) is 86.7. The van der Waals surface area contributed by atoms with Crippen LogP contribution in [-0.2, 0) is 99.4 Å². The van der Waals surface area contributed by atoms with Crippen LogP contribution in [0.15, 0.2) is 0 Å². The van der Waals surface area contributed by atoms with Gasteiger partial charge in [-0.3, -0.25) is 52.2 Å². The molecule has 4 fully saturated rings. The van der Waals surface area contributed by atoms with Crippen LogP contribution in [0, 0.1) is 5.92 Å². The SMILES string of the molecule is CC(=O)NC1C(OCCCCCCNC(=O)CCOCC(COCCC(=O)NCCCCCCOC2OC(CO)C(O)C(O)C2NC(C)=O)(COCCC(=O)NCCCCCCOC2OC(CO)C(O)C(O)C2NC(C)=O)NC(=O)C2CN(C(=O)CCCC(=O)NCCCCCCOP(=O)(O)OCCCCCCO)C2)OC(CO)C(O)C1O. The van der Waals surface area contributed by atoms with Crippen LogP contribution in [0.1, 0.15) is 188 Å². The first-order chi connectivity index (χ1) is 56.6. The number of hydrogen-bond donors (Lipinski definition) is 19. The van der Waals surface area contributed by atoms with Gasteiger partial charge in [0, 0.05) is 119 Å². The second-order valence-corrected chi connectivity index (χ2v) is 31.7. The van der Waals surface area contributed by atoms with Gasteiger partial charge in [-0.2, -0.15) is 0 Å². The van der Waals surface area contributed by atoms with Gasteiger partial charge >= 0.3 is 7.82 Å². The van der Waals surface area contributed by atoms with E-state index >= 15 is 0 Å². The van der Waals surface area contributed by atoms with Crippen molar-refractivity contribution in [1.82, 2.24) is 47.4 Å². The summed E-state index contributed by atoms with van der Waals surface area (Å²) < 4.78 is 74.9. The highest BCUT2D eigenvalue weighted by Crippen LogP contribution is 2.43. The summed E-state index contributed by atoms with van der Waals surface area (Å²) in [5, 5.41) is 123. The summed E-state index contributed by atoms with van der Waals surface area (Å²) in [4.78, 5) is 127. The Morgan fingerprint density at radius 1 is 0.390 bits per heavy atom. The van der Waals surface area contributed by atoms with Gasteiger partial charge in [-0.05, 0) is 70.6 Å². The molecule has 0 bridgehead atoms. The van der Waals surface area contributed by atoms with Gasteiger partial charge in [-0.25, -0.2) is 4.57 Å². The van der Waals surface area contributed by atoms with Crippen LogP contribution >= 0.6 is 7.82 Å². The Bertz CT molecular complexity index is 2710. The topological polar surface area (TPSA) is 594 Å². The van der Waals surface area contributed by atoms with Crippen molar-refractivity contribution >= 4 is 61.0 Å². The fourth-order valence-electron chi connectivity index (χ4n) is 13.3. The molecule has 0 spiro atoms. The highest BCUT2D eigenvalue weighted by molar-refractivity contribution is 7.47. The molecule has 41 nitrogen and oxygen atoms in total. The van der Waals surface area contributed by atoms with Crippen molar-refractivity contribution < 1.29 is 155 Å². The number of carbonyl (C=O) groups is 9. The number of likely N-dealkylation sites (tertiary alicyclic amines) is 1. The molecule has 4 heterocycles. The van der Waals surface area contributed by atoms with E-state index in [1.54, 1.807) is 0 Å². The third-order valence-corrected chi connectivity index (χ3v) is 21.1.